The first-order chi connectivity index (χ1) is 13.8. The number of aliphatic imine (C=N–C) groups is 1. The van der Waals surface area contributed by atoms with Crippen LogP contribution in [0.1, 0.15) is 70.4 Å². The molecule has 1 aliphatic heterocycles. The van der Waals surface area contributed by atoms with Crippen LogP contribution in [0.15, 0.2) is 4.99 Å². The van der Waals surface area contributed by atoms with E-state index in [4.69, 9.17) is 4.99 Å². The number of hydrogen-bond donors (Lipinski definition) is 2. The van der Waals surface area contributed by atoms with Gasteiger partial charge in [-0.2, -0.15) is 5.10 Å². The predicted molar refractivity (Wildman–Crippen MR) is 115 cm³/mol. The van der Waals surface area contributed by atoms with Crippen LogP contribution in [-0.2, 0) is 17.8 Å². The molecule has 0 saturated heterocycles. The minimum Gasteiger partial charge on any atom is -0.357 e. The molecule has 0 aromatic carbocycles. The second kappa shape index (κ2) is 9.13. The van der Waals surface area contributed by atoms with Crippen molar-refractivity contribution in [2.24, 2.45) is 10.4 Å². The molecule has 2 aliphatic rings. The maximum atomic E-state index is 12.8. The standard InChI is InChI=1S/C21H37N7O/c1-6-22-20(23-14-21(11-7-8-12-21)19(29)27(4)5)24-16-9-10-17-25-18(15(2)3)26-28(17)13-16/h15-16H,6-14H2,1-5H3,(H2,22,23,24). The smallest absolute Gasteiger partial charge is 0.230 e. The fraction of sp³-hybridized carbons (Fsp3) is 0.810. The van der Waals surface area contributed by atoms with E-state index < -0.39 is 0 Å². The van der Waals surface area contributed by atoms with Gasteiger partial charge in [-0.25, -0.2) is 9.67 Å². The molecule has 8 nitrogen and oxygen atoms in total. The third-order valence-corrected chi connectivity index (χ3v) is 6.04. The summed E-state index contributed by atoms with van der Waals surface area (Å²) in [6.07, 6.45) is 5.99. The highest BCUT2D eigenvalue weighted by Crippen LogP contribution is 2.39. The van der Waals surface area contributed by atoms with Gasteiger partial charge in [-0.1, -0.05) is 26.7 Å². The second-order valence-corrected chi connectivity index (χ2v) is 8.99. The Morgan fingerprint density at radius 3 is 2.69 bits per heavy atom. The van der Waals surface area contributed by atoms with E-state index >= 15 is 0 Å². The summed E-state index contributed by atoms with van der Waals surface area (Å²) >= 11 is 0. The lowest BCUT2D eigenvalue weighted by atomic mass is 9.85. The minimum absolute atomic E-state index is 0.209. The lowest BCUT2D eigenvalue weighted by Crippen LogP contribution is -2.48. The molecule has 2 heterocycles. The summed E-state index contributed by atoms with van der Waals surface area (Å²) in [6, 6.07) is 0.256. The van der Waals surface area contributed by atoms with Crippen molar-refractivity contribution in [1.29, 1.82) is 0 Å². The van der Waals surface area contributed by atoms with Crippen LogP contribution in [0.5, 0.6) is 0 Å². The largest absolute Gasteiger partial charge is 0.357 e. The van der Waals surface area contributed by atoms with E-state index in [-0.39, 0.29) is 17.4 Å². The predicted octanol–water partition coefficient (Wildman–Crippen LogP) is 1.92. The molecule has 162 valence electrons. The number of aryl methyl sites for hydroxylation is 1. The fourth-order valence-electron chi connectivity index (χ4n) is 4.40. The van der Waals surface area contributed by atoms with Crippen LogP contribution in [0.25, 0.3) is 0 Å². The maximum absolute atomic E-state index is 12.8. The number of nitrogens with zero attached hydrogens (tertiary/aromatic N) is 5. The molecular weight excluding hydrogens is 366 g/mol. The van der Waals surface area contributed by atoms with Crippen molar-refractivity contribution in [1.82, 2.24) is 30.3 Å². The van der Waals surface area contributed by atoms with Crippen molar-refractivity contribution in [3.63, 3.8) is 0 Å². The Kier molecular flexibility index (Phi) is 6.80. The first-order valence-electron chi connectivity index (χ1n) is 11.0. The van der Waals surface area contributed by atoms with Crippen LogP contribution in [-0.4, -0.2) is 64.8 Å². The molecule has 1 aromatic heterocycles. The zero-order valence-corrected chi connectivity index (χ0v) is 18.7. The summed E-state index contributed by atoms with van der Waals surface area (Å²) in [4.78, 5) is 24.1. The number of guanidine groups is 1. The van der Waals surface area contributed by atoms with E-state index in [0.29, 0.717) is 12.5 Å². The number of aromatic nitrogens is 3. The minimum atomic E-state index is -0.344. The lowest BCUT2D eigenvalue weighted by molar-refractivity contribution is -0.138. The summed E-state index contributed by atoms with van der Waals surface area (Å²) in [5.41, 5.74) is -0.344. The summed E-state index contributed by atoms with van der Waals surface area (Å²) < 4.78 is 2.04. The third-order valence-electron chi connectivity index (χ3n) is 6.04. The fourth-order valence-corrected chi connectivity index (χ4v) is 4.40. The first-order valence-corrected chi connectivity index (χ1v) is 11.0. The highest BCUT2D eigenvalue weighted by molar-refractivity contribution is 5.84. The van der Waals surface area contributed by atoms with Gasteiger partial charge in [0.05, 0.1) is 18.5 Å². The van der Waals surface area contributed by atoms with E-state index in [2.05, 4.69) is 41.5 Å². The summed E-state index contributed by atoms with van der Waals surface area (Å²) in [5, 5.41) is 11.6. The van der Waals surface area contributed by atoms with Crippen molar-refractivity contribution in [3.05, 3.63) is 11.6 Å². The van der Waals surface area contributed by atoms with Crippen molar-refractivity contribution in [3.8, 4) is 0 Å². The molecule has 1 unspecified atom stereocenters. The van der Waals surface area contributed by atoms with Crippen LogP contribution in [0, 0.1) is 5.41 Å². The lowest BCUT2D eigenvalue weighted by Gasteiger charge is -2.30. The van der Waals surface area contributed by atoms with Crippen LogP contribution < -0.4 is 10.6 Å². The van der Waals surface area contributed by atoms with Gasteiger partial charge in [-0.15, -0.1) is 0 Å². The number of rotatable bonds is 6. The molecule has 0 bridgehead atoms. The summed E-state index contributed by atoms with van der Waals surface area (Å²) in [5.74, 6) is 3.35. The molecule has 1 aliphatic carbocycles. The number of carbonyl (C=O) groups excluding carboxylic acids is 1. The number of amides is 1. The first kappa shape index (κ1) is 21.6. The van der Waals surface area contributed by atoms with Gasteiger partial charge in [0.15, 0.2) is 11.8 Å². The Labute approximate surface area is 174 Å². The molecule has 29 heavy (non-hydrogen) atoms. The summed E-state index contributed by atoms with van der Waals surface area (Å²) in [6.45, 7) is 8.44. The molecule has 0 spiro atoms. The monoisotopic (exact) mass is 403 g/mol. The van der Waals surface area contributed by atoms with Gasteiger partial charge < -0.3 is 15.5 Å². The third kappa shape index (κ3) is 4.90. The zero-order valence-electron chi connectivity index (χ0n) is 18.7. The van der Waals surface area contributed by atoms with Crippen LogP contribution in [0.4, 0.5) is 0 Å². The molecule has 1 atom stereocenters. The molecule has 1 amide bonds. The Morgan fingerprint density at radius 1 is 1.34 bits per heavy atom. The molecule has 3 rings (SSSR count). The van der Waals surface area contributed by atoms with Gasteiger partial charge in [0.1, 0.15) is 5.82 Å². The van der Waals surface area contributed by atoms with Gasteiger partial charge in [0, 0.05) is 39.0 Å². The van der Waals surface area contributed by atoms with Crippen molar-refractivity contribution in [2.75, 3.05) is 27.2 Å². The number of hydrogen-bond acceptors (Lipinski definition) is 4. The second-order valence-electron chi connectivity index (χ2n) is 8.99. The van der Waals surface area contributed by atoms with Crippen LogP contribution >= 0.6 is 0 Å². The van der Waals surface area contributed by atoms with E-state index in [1.165, 1.54) is 0 Å². The van der Waals surface area contributed by atoms with Crippen molar-refractivity contribution in [2.45, 2.75) is 77.8 Å². The SMILES string of the molecule is CCNC(=NCC1(C(=O)N(C)C)CCCC1)NC1CCc2nc(C(C)C)nn2C1. The van der Waals surface area contributed by atoms with E-state index in [1.807, 2.05) is 18.8 Å². The Morgan fingerprint density at radius 2 is 2.07 bits per heavy atom. The quantitative estimate of drug-likeness (QED) is 0.560. The topological polar surface area (TPSA) is 87.4 Å². The van der Waals surface area contributed by atoms with Crippen molar-refractivity contribution >= 4 is 11.9 Å². The van der Waals surface area contributed by atoms with Gasteiger partial charge in [-0.3, -0.25) is 9.79 Å². The molecular formula is C21H37N7O. The molecule has 1 saturated carbocycles. The zero-order chi connectivity index (χ0) is 21.0. The normalized spacial score (nSPS) is 21.2. The number of carbonyl (C=O) groups is 1. The number of nitrogens with one attached hydrogen (secondary N) is 2. The highest BCUT2D eigenvalue weighted by Gasteiger charge is 2.42. The average Bonchev–Trinajstić information content (AvgIpc) is 3.33. The Balaban J connectivity index is 1.68. The Bertz CT molecular complexity index is 731. The average molecular weight is 404 g/mol. The summed E-state index contributed by atoms with van der Waals surface area (Å²) in [7, 11) is 3.69. The molecule has 2 N–H and O–H groups in total. The van der Waals surface area contributed by atoms with Gasteiger partial charge in [-0.05, 0) is 26.2 Å². The highest BCUT2D eigenvalue weighted by atomic mass is 16.2. The number of fused-ring (bicyclic) bond motifs is 1. The van der Waals surface area contributed by atoms with Crippen LogP contribution in [0.3, 0.4) is 0 Å². The molecule has 8 heteroatoms. The van der Waals surface area contributed by atoms with Gasteiger partial charge in [0.25, 0.3) is 0 Å². The molecule has 1 fully saturated rings. The maximum Gasteiger partial charge on any atom is 0.230 e. The van der Waals surface area contributed by atoms with Crippen LogP contribution in [0.2, 0.25) is 0 Å². The van der Waals surface area contributed by atoms with Crippen molar-refractivity contribution < 1.29 is 4.79 Å². The van der Waals surface area contributed by atoms with Gasteiger partial charge >= 0.3 is 0 Å². The van der Waals surface area contributed by atoms with E-state index in [1.54, 1.807) is 4.90 Å². The Hall–Kier alpha value is -2.12. The van der Waals surface area contributed by atoms with E-state index in [9.17, 15) is 4.79 Å². The molecule has 0 radical (unpaired) electrons. The molecule has 1 aromatic rings. The van der Waals surface area contributed by atoms with E-state index in [0.717, 1.165) is 69.2 Å². The van der Waals surface area contributed by atoms with Gasteiger partial charge in [0.2, 0.25) is 5.91 Å².